The monoisotopic (exact) mass is 474 g/mol. The van der Waals surface area contributed by atoms with Gasteiger partial charge in [-0.05, 0) is 43.4 Å². The highest BCUT2D eigenvalue weighted by Gasteiger charge is 2.47. The number of aryl methyl sites for hydroxylation is 2. The molecule has 0 spiro atoms. The van der Waals surface area contributed by atoms with E-state index in [0.717, 1.165) is 22.3 Å². The van der Waals surface area contributed by atoms with E-state index in [1.807, 2.05) is 77.1 Å². The molecule has 184 valence electrons. The van der Waals surface area contributed by atoms with Crippen molar-refractivity contribution in [3.05, 3.63) is 82.1 Å². The van der Waals surface area contributed by atoms with Gasteiger partial charge in [0.1, 0.15) is 6.04 Å². The van der Waals surface area contributed by atoms with Crippen LogP contribution in [0.25, 0.3) is 0 Å². The van der Waals surface area contributed by atoms with Crippen molar-refractivity contribution in [2.75, 3.05) is 19.6 Å². The summed E-state index contributed by atoms with van der Waals surface area (Å²) in [7, 11) is 0. The lowest BCUT2D eigenvalue weighted by atomic mass is 9.91. The molecule has 0 unspecified atom stereocenters. The van der Waals surface area contributed by atoms with Gasteiger partial charge in [0.15, 0.2) is 0 Å². The average molecular weight is 475 g/mol. The first-order chi connectivity index (χ1) is 16.7. The summed E-state index contributed by atoms with van der Waals surface area (Å²) in [5, 5.41) is 6.05. The smallest absolute Gasteiger partial charge is 0.322 e. The average Bonchev–Trinajstić information content (AvgIpc) is 3.15. The topological polar surface area (TPSA) is 81.8 Å². The summed E-state index contributed by atoms with van der Waals surface area (Å²) in [6, 6.07) is 13.8. The molecule has 4 amide bonds. The Morgan fingerprint density at radius 3 is 2.46 bits per heavy atom. The second-order valence-electron chi connectivity index (χ2n) is 9.73. The Morgan fingerprint density at radius 2 is 1.83 bits per heavy atom. The first-order valence-electron chi connectivity index (χ1n) is 12.2. The van der Waals surface area contributed by atoms with Crippen molar-refractivity contribution in [1.29, 1.82) is 0 Å². The van der Waals surface area contributed by atoms with Gasteiger partial charge < -0.3 is 15.5 Å². The molecule has 2 heterocycles. The fourth-order valence-electron chi connectivity index (χ4n) is 4.95. The van der Waals surface area contributed by atoms with Crippen molar-refractivity contribution in [1.82, 2.24) is 20.4 Å². The van der Waals surface area contributed by atoms with E-state index in [1.165, 1.54) is 0 Å². The number of amides is 4. The molecule has 0 bridgehead atoms. The Balaban J connectivity index is 1.77. The highest BCUT2D eigenvalue weighted by Crippen LogP contribution is 2.40. The molecule has 2 N–H and O–H groups in total. The molecule has 0 aromatic heterocycles. The number of benzene rings is 2. The Hall–Kier alpha value is -3.61. The second kappa shape index (κ2) is 9.94. The van der Waals surface area contributed by atoms with Crippen LogP contribution in [0.4, 0.5) is 4.79 Å². The van der Waals surface area contributed by atoms with Crippen LogP contribution in [0.2, 0.25) is 0 Å². The normalized spacial score (nSPS) is 18.6. The Kier molecular flexibility index (Phi) is 6.96. The molecule has 35 heavy (non-hydrogen) atoms. The van der Waals surface area contributed by atoms with Gasteiger partial charge in [0.2, 0.25) is 5.91 Å². The van der Waals surface area contributed by atoms with E-state index >= 15 is 0 Å². The number of rotatable bonds is 7. The van der Waals surface area contributed by atoms with E-state index in [4.69, 9.17) is 0 Å². The number of carbonyl (C=O) groups excluding carboxylic acids is 3. The first-order valence-corrected chi connectivity index (χ1v) is 12.2. The maximum absolute atomic E-state index is 14.0. The number of carbonyl (C=O) groups is 3. The van der Waals surface area contributed by atoms with Crippen LogP contribution in [-0.4, -0.2) is 47.3 Å². The minimum Gasteiger partial charge on any atom is -0.354 e. The summed E-state index contributed by atoms with van der Waals surface area (Å²) in [6.07, 6.45) is 0. The molecule has 2 aromatic carbocycles. The summed E-state index contributed by atoms with van der Waals surface area (Å²) >= 11 is 0. The Morgan fingerprint density at radius 1 is 1.11 bits per heavy atom. The van der Waals surface area contributed by atoms with Crippen LogP contribution < -0.4 is 10.6 Å². The molecule has 2 atom stereocenters. The number of urea groups is 1. The van der Waals surface area contributed by atoms with Crippen LogP contribution in [0.3, 0.4) is 0 Å². The fraction of sp³-hybridized carbons (Fsp3) is 0.393. The summed E-state index contributed by atoms with van der Waals surface area (Å²) in [6.45, 7) is 11.1. The molecule has 0 aliphatic carbocycles. The van der Waals surface area contributed by atoms with Crippen molar-refractivity contribution in [2.45, 2.75) is 46.7 Å². The van der Waals surface area contributed by atoms with Crippen LogP contribution in [0.15, 0.2) is 59.8 Å². The van der Waals surface area contributed by atoms with Crippen LogP contribution in [-0.2, 0) is 9.59 Å². The molecular weight excluding hydrogens is 440 g/mol. The third-order valence-electron chi connectivity index (χ3n) is 6.66. The maximum atomic E-state index is 14.0. The second-order valence-corrected chi connectivity index (χ2v) is 9.73. The predicted molar refractivity (Wildman–Crippen MR) is 135 cm³/mol. The van der Waals surface area contributed by atoms with E-state index in [1.54, 1.807) is 9.80 Å². The molecule has 2 aliphatic heterocycles. The number of likely N-dealkylation sites (N-methyl/N-ethyl adjacent to an activating group) is 1. The van der Waals surface area contributed by atoms with Crippen LogP contribution >= 0.6 is 0 Å². The third-order valence-corrected chi connectivity index (χ3v) is 6.66. The lowest BCUT2D eigenvalue weighted by Crippen LogP contribution is -2.47. The molecule has 0 saturated heterocycles. The van der Waals surface area contributed by atoms with E-state index < -0.39 is 12.1 Å². The molecule has 4 rings (SSSR count). The zero-order chi connectivity index (χ0) is 25.3. The van der Waals surface area contributed by atoms with Crippen molar-refractivity contribution in [3.8, 4) is 0 Å². The third kappa shape index (κ3) is 4.67. The largest absolute Gasteiger partial charge is 0.354 e. The van der Waals surface area contributed by atoms with Gasteiger partial charge in [0.25, 0.3) is 5.91 Å². The van der Waals surface area contributed by atoms with Gasteiger partial charge in [-0.25, -0.2) is 4.79 Å². The first kappa shape index (κ1) is 24.5. The minimum atomic E-state index is -0.790. The van der Waals surface area contributed by atoms with Gasteiger partial charge in [-0.3, -0.25) is 14.5 Å². The summed E-state index contributed by atoms with van der Waals surface area (Å²) in [4.78, 5) is 43.7. The number of hydrogen-bond acceptors (Lipinski definition) is 3. The zero-order valence-electron chi connectivity index (χ0n) is 21.1. The molecule has 0 radical (unpaired) electrons. The Bertz CT molecular complexity index is 1170. The van der Waals surface area contributed by atoms with E-state index in [-0.39, 0.29) is 30.3 Å². The van der Waals surface area contributed by atoms with Gasteiger partial charge in [-0.1, -0.05) is 67.9 Å². The standard InChI is InChI=1S/C28H34N4O3/c1-6-31-22-16-32(25(20-10-8-7-9-11-20)26(33)29-15-17(2)3)27(34)23(22)24(30-28(31)35)21-13-12-18(4)14-19(21)5/h7-14,17,24-25H,6,15-16H2,1-5H3,(H,29,33)(H,30,35)/t24-,25+/m1/s1. The zero-order valence-corrected chi connectivity index (χ0v) is 21.1. The Labute approximate surface area is 207 Å². The summed E-state index contributed by atoms with van der Waals surface area (Å²) in [5.41, 5.74) is 4.96. The lowest BCUT2D eigenvalue weighted by Gasteiger charge is -2.33. The molecule has 0 fully saturated rings. The number of nitrogens with one attached hydrogen (secondary N) is 2. The van der Waals surface area contributed by atoms with E-state index in [0.29, 0.717) is 24.4 Å². The van der Waals surface area contributed by atoms with Gasteiger partial charge in [0.05, 0.1) is 23.9 Å². The van der Waals surface area contributed by atoms with Crippen LogP contribution in [0.1, 0.15) is 55.1 Å². The van der Waals surface area contributed by atoms with Gasteiger partial charge in [-0.2, -0.15) is 0 Å². The van der Waals surface area contributed by atoms with Gasteiger partial charge in [-0.15, -0.1) is 0 Å². The highest BCUT2D eigenvalue weighted by atomic mass is 16.2. The van der Waals surface area contributed by atoms with Gasteiger partial charge >= 0.3 is 6.03 Å². The molecule has 0 saturated carbocycles. The SMILES string of the molecule is CCN1C(=O)N[C@H](c2ccc(C)cc2C)C2=C1CN([C@H](C(=O)NCC(C)C)c1ccccc1)C2=O. The minimum absolute atomic E-state index is 0.200. The number of nitrogens with zero attached hydrogens (tertiary/aromatic N) is 2. The van der Waals surface area contributed by atoms with Gasteiger partial charge in [0, 0.05) is 13.1 Å². The summed E-state index contributed by atoms with van der Waals surface area (Å²) < 4.78 is 0. The fourth-order valence-corrected chi connectivity index (χ4v) is 4.95. The molecule has 2 aromatic rings. The number of hydrogen-bond donors (Lipinski definition) is 2. The molecule has 7 heteroatoms. The highest BCUT2D eigenvalue weighted by molar-refractivity contribution is 6.04. The molecule has 7 nitrogen and oxygen atoms in total. The van der Waals surface area contributed by atoms with Crippen LogP contribution in [0.5, 0.6) is 0 Å². The quantitative estimate of drug-likeness (QED) is 0.637. The predicted octanol–water partition coefficient (Wildman–Crippen LogP) is 4.00. The molecular formula is C28H34N4O3. The summed E-state index contributed by atoms with van der Waals surface area (Å²) in [5.74, 6) is -0.164. The van der Waals surface area contributed by atoms with Crippen molar-refractivity contribution < 1.29 is 14.4 Å². The van der Waals surface area contributed by atoms with E-state index in [2.05, 4.69) is 16.7 Å². The van der Waals surface area contributed by atoms with Crippen LogP contribution in [0, 0.1) is 19.8 Å². The van der Waals surface area contributed by atoms with Crippen molar-refractivity contribution in [3.63, 3.8) is 0 Å². The molecule has 2 aliphatic rings. The van der Waals surface area contributed by atoms with Crippen molar-refractivity contribution in [2.24, 2.45) is 5.92 Å². The maximum Gasteiger partial charge on any atom is 0.322 e. The van der Waals surface area contributed by atoms with Crippen molar-refractivity contribution >= 4 is 17.8 Å². The van der Waals surface area contributed by atoms with E-state index in [9.17, 15) is 14.4 Å². The lowest BCUT2D eigenvalue weighted by molar-refractivity contribution is -0.136.